The monoisotopic (exact) mass is 253 g/mol. The second-order valence-corrected chi connectivity index (χ2v) is 4.20. The number of aryl methyl sites for hydroxylation is 1. The van der Waals surface area contributed by atoms with Gasteiger partial charge in [-0.1, -0.05) is 29.8 Å². The van der Waals surface area contributed by atoms with Crippen LogP contribution < -0.4 is 5.73 Å². The number of rotatable bonds is 9. The highest BCUT2D eigenvalue weighted by Crippen LogP contribution is 2.12. The van der Waals surface area contributed by atoms with E-state index in [1.165, 1.54) is 5.56 Å². The summed E-state index contributed by atoms with van der Waals surface area (Å²) < 4.78 is 15.6. The average molecular weight is 253 g/mol. The molecule has 1 atom stereocenters. The molecule has 0 amide bonds. The third-order valence-electron chi connectivity index (χ3n) is 2.57. The Labute approximate surface area is 109 Å². The van der Waals surface area contributed by atoms with E-state index in [1.807, 2.05) is 12.1 Å². The molecule has 1 aromatic rings. The van der Waals surface area contributed by atoms with E-state index in [0.717, 1.165) is 5.56 Å². The van der Waals surface area contributed by atoms with Crippen LogP contribution in [0.5, 0.6) is 0 Å². The molecule has 0 spiro atoms. The highest BCUT2D eigenvalue weighted by Gasteiger charge is 2.05. The van der Waals surface area contributed by atoms with Gasteiger partial charge >= 0.3 is 0 Å². The Kier molecular flexibility index (Phi) is 7.60. The fraction of sp³-hybridized carbons (Fsp3) is 0.571. The van der Waals surface area contributed by atoms with Crippen molar-refractivity contribution in [3.05, 3.63) is 35.4 Å². The maximum absolute atomic E-state index is 6.04. The van der Waals surface area contributed by atoms with Crippen LogP contribution in [0.1, 0.15) is 17.2 Å². The number of hydrogen-bond acceptors (Lipinski definition) is 4. The first-order valence-corrected chi connectivity index (χ1v) is 6.20. The summed E-state index contributed by atoms with van der Waals surface area (Å²) in [5, 5.41) is 0. The van der Waals surface area contributed by atoms with Crippen molar-refractivity contribution >= 4 is 0 Å². The molecule has 1 unspecified atom stereocenters. The highest BCUT2D eigenvalue weighted by atomic mass is 16.5. The standard InChI is InChI=1S/C14H23NO3/c1-12-4-3-5-13(10-12)14(15)11-18-9-8-17-7-6-16-2/h3-5,10,14H,6-9,11,15H2,1-2H3. The van der Waals surface area contributed by atoms with Crippen LogP contribution in [0.15, 0.2) is 24.3 Å². The largest absolute Gasteiger partial charge is 0.382 e. The summed E-state index contributed by atoms with van der Waals surface area (Å²) in [6, 6.07) is 8.10. The van der Waals surface area contributed by atoms with Gasteiger partial charge in [-0.15, -0.1) is 0 Å². The number of ether oxygens (including phenoxy) is 3. The van der Waals surface area contributed by atoms with Crippen molar-refractivity contribution in [2.45, 2.75) is 13.0 Å². The number of benzene rings is 1. The first-order valence-electron chi connectivity index (χ1n) is 6.20. The SMILES string of the molecule is COCCOCCOCC(N)c1cccc(C)c1. The molecular weight excluding hydrogens is 230 g/mol. The molecule has 102 valence electrons. The number of hydrogen-bond donors (Lipinski definition) is 1. The highest BCUT2D eigenvalue weighted by molar-refractivity contribution is 5.24. The van der Waals surface area contributed by atoms with Gasteiger partial charge in [0.05, 0.1) is 39.1 Å². The van der Waals surface area contributed by atoms with Gasteiger partial charge in [0.25, 0.3) is 0 Å². The normalized spacial score (nSPS) is 12.6. The Balaban J connectivity index is 2.12. The third-order valence-corrected chi connectivity index (χ3v) is 2.57. The molecule has 0 bridgehead atoms. The summed E-state index contributed by atoms with van der Waals surface area (Å²) in [4.78, 5) is 0. The predicted molar refractivity (Wildman–Crippen MR) is 71.6 cm³/mol. The van der Waals surface area contributed by atoms with Gasteiger partial charge in [0.15, 0.2) is 0 Å². The van der Waals surface area contributed by atoms with Crippen molar-refractivity contribution in [1.29, 1.82) is 0 Å². The summed E-state index contributed by atoms with van der Waals surface area (Å²) in [6.45, 7) is 4.91. The average Bonchev–Trinajstić information content (AvgIpc) is 2.37. The summed E-state index contributed by atoms with van der Waals surface area (Å²) in [5.41, 5.74) is 8.36. The second-order valence-electron chi connectivity index (χ2n) is 4.20. The lowest BCUT2D eigenvalue weighted by Gasteiger charge is -2.13. The van der Waals surface area contributed by atoms with E-state index in [4.69, 9.17) is 19.9 Å². The summed E-state index contributed by atoms with van der Waals surface area (Å²) in [7, 11) is 1.65. The lowest BCUT2D eigenvalue weighted by atomic mass is 10.1. The van der Waals surface area contributed by atoms with Crippen molar-refractivity contribution < 1.29 is 14.2 Å². The van der Waals surface area contributed by atoms with Crippen LogP contribution in [0.4, 0.5) is 0 Å². The topological polar surface area (TPSA) is 53.7 Å². The molecule has 4 nitrogen and oxygen atoms in total. The van der Waals surface area contributed by atoms with Crippen LogP contribution in [0, 0.1) is 6.92 Å². The zero-order valence-corrected chi connectivity index (χ0v) is 11.2. The van der Waals surface area contributed by atoms with Gasteiger partial charge in [0.1, 0.15) is 0 Å². The number of nitrogens with two attached hydrogens (primary N) is 1. The van der Waals surface area contributed by atoms with Crippen molar-refractivity contribution in [1.82, 2.24) is 0 Å². The Morgan fingerprint density at radius 2 is 1.83 bits per heavy atom. The molecule has 0 heterocycles. The lowest BCUT2D eigenvalue weighted by molar-refractivity contribution is 0.0216. The van der Waals surface area contributed by atoms with Crippen LogP contribution >= 0.6 is 0 Å². The molecule has 0 saturated heterocycles. The van der Waals surface area contributed by atoms with Crippen LogP contribution in [-0.4, -0.2) is 40.1 Å². The fourth-order valence-corrected chi connectivity index (χ4v) is 1.57. The molecule has 4 heteroatoms. The van der Waals surface area contributed by atoms with Crippen molar-refractivity contribution in [3.63, 3.8) is 0 Å². The third kappa shape index (κ3) is 6.12. The molecule has 0 aliphatic rings. The van der Waals surface area contributed by atoms with Gasteiger partial charge in [0.2, 0.25) is 0 Å². The minimum Gasteiger partial charge on any atom is -0.382 e. The van der Waals surface area contributed by atoms with Gasteiger partial charge in [0, 0.05) is 7.11 Å². The number of methoxy groups -OCH3 is 1. The van der Waals surface area contributed by atoms with Crippen molar-refractivity contribution in [2.75, 3.05) is 40.1 Å². The van der Waals surface area contributed by atoms with Crippen molar-refractivity contribution in [3.8, 4) is 0 Å². The van der Waals surface area contributed by atoms with E-state index in [2.05, 4.69) is 19.1 Å². The Morgan fingerprint density at radius 1 is 1.11 bits per heavy atom. The van der Waals surface area contributed by atoms with Gasteiger partial charge in [-0.05, 0) is 12.5 Å². The molecule has 0 saturated carbocycles. The molecule has 1 aromatic carbocycles. The van der Waals surface area contributed by atoms with Crippen LogP contribution in [0.2, 0.25) is 0 Å². The van der Waals surface area contributed by atoms with E-state index >= 15 is 0 Å². The molecule has 1 rings (SSSR count). The molecule has 0 aliphatic carbocycles. The minimum atomic E-state index is -0.0797. The van der Waals surface area contributed by atoms with Gasteiger partial charge in [-0.25, -0.2) is 0 Å². The second kappa shape index (κ2) is 9.05. The molecule has 0 aromatic heterocycles. The molecule has 18 heavy (non-hydrogen) atoms. The minimum absolute atomic E-state index is 0.0797. The Bertz CT molecular complexity index is 331. The zero-order valence-electron chi connectivity index (χ0n) is 11.2. The summed E-state index contributed by atoms with van der Waals surface area (Å²) in [5.74, 6) is 0. The molecule has 2 N–H and O–H groups in total. The Hall–Kier alpha value is -0.940. The maximum Gasteiger partial charge on any atom is 0.0701 e. The molecular formula is C14H23NO3. The molecule has 0 fully saturated rings. The predicted octanol–water partition coefficient (Wildman–Crippen LogP) is 1.67. The smallest absolute Gasteiger partial charge is 0.0701 e. The zero-order chi connectivity index (χ0) is 13.2. The Morgan fingerprint density at radius 3 is 2.56 bits per heavy atom. The van der Waals surface area contributed by atoms with Gasteiger partial charge in [-0.2, -0.15) is 0 Å². The summed E-state index contributed by atoms with van der Waals surface area (Å²) in [6.07, 6.45) is 0. The van der Waals surface area contributed by atoms with E-state index < -0.39 is 0 Å². The van der Waals surface area contributed by atoms with Gasteiger partial charge < -0.3 is 19.9 Å². The van der Waals surface area contributed by atoms with E-state index in [9.17, 15) is 0 Å². The molecule has 0 radical (unpaired) electrons. The van der Waals surface area contributed by atoms with E-state index in [0.29, 0.717) is 33.0 Å². The first kappa shape index (κ1) is 15.1. The lowest BCUT2D eigenvalue weighted by Crippen LogP contribution is -2.19. The van der Waals surface area contributed by atoms with E-state index in [1.54, 1.807) is 7.11 Å². The van der Waals surface area contributed by atoms with E-state index in [-0.39, 0.29) is 6.04 Å². The maximum atomic E-state index is 6.04. The fourth-order valence-electron chi connectivity index (χ4n) is 1.57. The van der Waals surface area contributed by atoms with Crippen LogP contribution in [-0.2, 0) is 14.2 Å². The van der Waals surface area contributed by atoms with Crippen LogP contribution in [0.25, 0.3) is 0 Å². The quantitative estimate of drug-likeness (QED) is 0.680. The molecule has 0 aliphatic heterocycles. The van der Waals surface area contributed by atoms with Crippen molar-refractivity contribution in [2.24, 2.45) is 5.73 Å². The summed E-state index contributed by atoms with van der Waals surface area (Å²) >= 11 is 0. The van der Waals surface area contributed by atoms with Gasteiger partial charge in [-0.3, -0.25) is 0 Å². The van der Waals surface area contributed by atoms with Crippen LogP contribution in [0.3, 0.4) is 0 Å². The first-order chi connectivity index (χ1) is 8.74.